The third kappa shape index (κ3) is 4.99. The Balaban J connectivity index is 2.64. The smallest absolute Gasteiger partial charge is 0.296 e. The molecule has 0 saturated carbocycles. The van der Waals surface area contributed by atoms with Crippen LogP contribution in [0.15, 0.2) is 24.3 Å². The first-order chi connectivity index (χ1) is 7.51. The molecule has 5 nitrogen and oxygen atoms in total. The van der Waals surface area contributed by atoms with Crippen molar-refractivity contribution in [2.24, 2.45) is 5.14 Å². The van der Waals surface area contributed by atoms with Crippen molar-refractivity contribution in [2.75, 3.05) is 16.6 Å². The van der Waals surface area contributed by atoms with Gasteiger partial charge in [0.1, 0.15) is 0 Å². The second-order valence-electron chi connectivity index (χ2n) is 3.51. The topological polar surface area (TPSA) is 84.2 Å². The molecule has 0 aliphatic rings. The van der Waals surface area contributed by atoms with Crippen LogP contribution in [0.1, 0.15) is 19.8 Å². The Kier molecular flexibility index (Phi) is 4.57. The molecule has 0 saturated heterocycles. The number of rotatable bonds is 6. The molecule has 90 valence electrons. The second kappa shape index (κ2) is 5.72. The predicted molar refractivity (Wildman–Crippen MR) is 66.6 cm³/mol. The van der Waals surface area contributed by atoms with Gasteiger partial charge < -0.3 is 5.32 Å². The van der Waals surface area contributed by atoms with Crippen LogP contribution in [0, 0.1) is 0 Å². The SMILES string of the molecule is CCCCNc1cccc(NS(N)(=O)=O)c1. The van der Waals surface area contributed by atoms with Crippen LogP contribution in [-0.2, 0) is 10.2 Å². The summed E-state index contributed by atoms with van der Waals surface area (Å²) in [5, 5.41) is 8.08. The van der Waals surface area contributed by atoms with Gasteiger partial charge in [0, 0.05) is 12.2 Å². The highest BCUT2D eigenvalue weighted by Gasteiger charge is 2.02. The number of hydrogen-bond donors (Lipinski definition) is 3. The molecule has 0 fully saturated rings. The lowest BCUT2D eigenvalue weighted by Gasteiger charge is -2.08. The summed E-state index contributed by atoms with van der Waals surface area (Å²) in [6.45, 7) is 2.98. The van der Waals surface area contributed by atoms with Crippen molar-refractivity contribution in [3.63, 3.8) is 0 Å². The first kappa shape index (κ1) is 12.8. The van der Waals surface area contributed by atoms with Crippen LogP contribution in [0.2, 0.25) is 0 Å². The molecule has 6 heteroatoms. The first-order valence-corrected chi connectivity index (χ1v) is 6.70. The number of nitrogens with two attached hydrogens (primary N) is 1. The van der Waals surface area contributed by atoms with Gasteiger partial charge in [-0.2, -0.15) is 8.42 Å². The highest BCUT2D eigenvalue weighted by atomic mass is 32.2. The Bertz CT molecular complexity index is 431. The van der Waals surface area contributed by atoms with Crippen molar-refractivity contribution in [3.8, 4) is 0 Å². The van der Waals surface area contributed by atoms with Gasteiger partial charge in [-0.25, -0.2) is 5.14 Å². The van der Waals surface area contributed by atoms with E-state index in [2.05, 4.69) is 17.0 Å². The average Bonchev–Trinajstić information content (AvgIpc) is 2.16. The molecule has 1 aromatic rings. The summed E-state index contributed by atoms with van der Waals surface area (Å²) in [5.41, 5.74) is 1.34. The summed E-state index contributed by atoms with van der Waals surface area (Å²) < 4.78 is 23.9. The predicted octanol–water partition coefficient (Wildman–Crippen LogP) is 1.51. The van der Waals surface area contributed by atoms with Gasteiger partial charge >= 0.3 is 0 Å². The van der Waals surface area contributed by atoms with Crippen LogP contribution >= 0.6 is 0 Å². The zero-order chi connectivity index (χ0) is 12.0. The van der Waals surface area contributed by atoms with Gasteiger partial charge in [0.05, 0.1) is 5.69 Å². The van der Waals surface area contributed by atoms with Gasteiger partial charge in [-0.3, -0.25) is 4.72 Å². The summed E-state index contributed by atoms with van der Waals surface area (Å²) in [7, 11) is -3.70. The van der Waals surface area contributed by atoms with E-state index in [1.165, 1.54) is 0 Å². The molecule has 1 rings (SSSR count). The number of unbranched alkanes of at least 4 members (excludes halogenated alkanes) is 1. The number of anilines is 2. The van der Waals surface area contributed by atoms with Crippen LogP contribution < -0.4 is 15.2 Å². The van der Waals surface area contributed by atoms with Crippen molar-refractivity contribution < 1.29 is 8.42 Å². The summed E-state index contributed by atoms with van der Waals surface area (Å²) >= 11 is 0. The molecule has 0 amide bonds. The molecule has 0 heterocycles. The Morgan fingerprint density at radius 2 is 2.00 bits per heavy atom. The van der Waals surface area contributed by atoms with Crippen molar-refractivity contribution in [3.05, 3.63) is 24.3 Å². The van der Waals surface area contributed by atoms with E-state index in [-0.39, 0.29) is 0 Å². The molecule has 0 aliphatic carbocycles. The minimum atomic E-state index is -3.70. The molecule has 4 N–H and O–H groups in total. The fourth-order valence-corrected chi connectivity index (χ4v) is 1.72. The normalized spacial score (nSPS) is 11.1. The zero-order valence-corrected chi connectivity index (χ0v) is 10.0. The molecule has 0 radical (unpaired) electrons. The minimum absolute atomic E-state index is 0.462. The van der Waals surface area contributed by atoms with E-state index in [0.29, 0.717) is 5.69 Å². The van der Waals surface area contributed by atoms with Crippen LogP contribution in [-0.4, -0.2) is 15.0 Å². The average molecular weight is 243 g/mol. The zero-order valence-electron chi connectivity index (χ0n) is 9.23. The molecule has 0 atom stereocenters. The quantitative estimate of drug-likeness (QED) is 0.662. The fraction of sp³-hybridized carbons (Fsp3) is 0.400. The second-order valence-corrected chi connectivity index (χ2v) is 4.80. The Hall–Kier alpha value is -1.27. The van der Waals surface area contributed by atoms with Gasteiger partial charge in [0.15, 0.2) is 0 Å². The summed E-state index contributed by atoms with van der Waals surface area (Å²) in [6.07, 6.45) is 2.19. The maximum absolute atomic E-state index is 10.8. The molecular formula is C10H17N3O2S. The first-order valence-electron chi connectivity index (χ1n) is 5.16. The Morgan fingerprint density at radius 3 is 2.62 bits per heavy atom. The molecular weight excluding hydrogens is 226 g/mol. The van der Waals surface area contributed by atoms with Crippen molar-refractivity contribution in [2.45, 2.75) is 19.8 Å². The Morgan fingerprint density at radius 1 is 1.31 bits per heavy atom. The number of nitrogens with one attached hydrogen (secondary N) is 2. The van der Waals surface area contributed by atoms with E-state index in [4.69, 9.17) is 5.14 Å². The molecule has 0 bridgehead atoms. The van der Waals surface area contributed by atoms with Crippen molar-refractivity contribution in [1.82, 2.24) is 0 Å². The van der Waals surface area contributed by atoms with E-state index in [0.717, 1.165) is 25.1 Å². The maximum atomic E-state index is 10.8. The van der Waals surface area contributed by atoms with Gasteiger partial charge in [0.25, 0.3) is 10.2 Å². The third-order valence-corrected chi connectivity index (χ3v) is 2.50. The van der Waals surface area contributed by atoms with E-state index in [9.17, 15) is 8.42 Å². The minimum Gasteiger partial charge on any atom is -0.385 e. The van der Waals surface area contributed by atoms with E-state index in [1.807, 2.05) is 6.07 Å². The summed E-state index contributed by atoms with van der Waals surface area (Å²) in [5.74, 6) is 0. The van der Waals surface area contributed by atoms with Crippen LogP contribution in [0.3, 0.4) is 0 Å². The molecule has 0 spiro atoms. The van der Waals surface area contributed by atoms with E-state index in [1.54, 1.807) is 18.2 Å². The van der Waals surface area contributed by atoms with Crippen LogP contribution in [0.25, 0.3) is 0 Å². The summed E-state index contributed by atoms with van der Waals surface area (Å²) in [4.78, 5) is 0. The van der Waals surface area contributed by atoms with Crippen molar-refractivity contribution >= 4 is 21.6 Å². The molecule has 16 heavy (non-hydrogen) atoms. The lowest BCUT2D eigenvalue weighted by Crippen LogP contribution is -2.21. The molecule has 0 aliphatic heterocycles. The van der Waals surface area contributed by atoms with Crippen molar-refractivity contribution in [1.29, 1.82) is 0 Å². The van der Waals surface area contributed by atoms with Crippen LogP contribution in [0.4, 0.5) is 11.4 Å². The van der Waals surface area contributed by atoms with Crippen LogP contribution in [0.5, 0.6) is 0 Å². The summed E-state index contributed by atoms with van der Waals surface area (Å²) in [6, 6.07) is 7.00. The van der Waals surface area contributed by atoms with Gasteiger partial charge in [-0.1, -0.05) is 19.4 Å². The highest BCUT2D eigenvalue weighted by Crippen LogP contribution is 2.15. The molecule has 0 unspecified atom stereocenters. The molecule has 0 aromatic heterocycles. The fourth-order valence-electron chi connectivity index (χ4n) is 1.27. The monoisotopic (exact) mass is 243 g/mol. The lowest BCUT2D eigenvalue weighted by atomic mass is 10.2. The van der Waals surface area contributed by atoms with E-state index >= 15 is 0 Å². The van der Waals surface area contributed by atoms with E-state index < -0.39 is 10.2 Å². The number of hydrogen-bond acceptors (Lipinski definition) is 3. The standard InChI is InChI=1S/C10H17N3O2S/c1-2-3-7-12-9-5-4-6-10(8-9)13-16(11,14)15/h4-6,8,12-13H,2-3,7H2,1H3,(H2,11,14,15). The molecule has 1 aromatic carbocycles. The third-order valence-electron chi connectivity index (χ3n) is 1.98. The van der Waals surface area contributed by atoms with Gasteiger partial charge in [-0.15, -0.1) is 0 Å². The number of benzene rings is 1. The van der Waals surface area contributed by atoms with Gasteiger partial charge in [0.2, 0.25) is 0 Å². The largest absolute Gasteiger partial charge is 0.385 e. The van der Waals surface area contributed by atoms with Gasteiger partial charge in [-0.05, 0) is 24.6 Å². The maximum Gasteiger partial charge on any atom is 0.296 e. The lowest BCUT2D eigenvalue weighted by molar-refractivity contribution is 0.603. The Labute approximate surface area is 96.2 Å². The highest BCUT2D eigenvalue weighted by molar-refractivity contribution is 7.90.